The molecule has 4 heteroatoms. The van der Waals surface area contributed by atoms with Gasteiger partial charge in [0.2, 0.25) is 0 Å². The van der Waals surface area contributed by atoms with Crippen LogP contribution in [-0.2, 0) is 6.61 Å². The second-order valence-corrected chi connectivity index (χ2v) is 4.46. The number of ether oxygens (including phenoxy) is 1. The number of anilines is 1. The number of nitrogens with zero attached hydrogens (tertiary/aromatic N) is 2. The zero-order valence-electron chi connectivity index (χ0n) is 11.7. The van der Waals surface area contributed by atoms with Crippen molar-refractivity contribution in [3.05, 3.63) is 53.2 Å². The van der Waals surface area contributed by atoms with Crippen LogP contribution in [0.25, 0.3) is 0 Å². The highest BCUT2D eigenvalue weighted by Gasteiger charge is 2.03. The number of aryl methyl sites for hydroxylation is 1. The SMILES string of the molecule is CCNc1cc(COc2cc(C#N)ccc2C)ccn1. The van der Waals surface area contributed by atoms with E-state index in [0.717, 1.165) is 29.2 Å². The minimum atomic E-state index is 0.455. The zero-order chi connectivity index (χ0) is 14.4. The van der Waals surface area contributed by atoms with Crippen molar-refractivity contribution in [1.29, 1.82) is 5.26 Å². The number of benzene rings is 1. The van der Waals surface area contributed by atoms with Gasteiger partial charge in [-0.15, -0.1) is 0 Å². The topological polar surface area (TPSA) is 57.9 Å². The lowest BCUT2D eigenvalue weighted by atomic mass is 10.1. The molecule has 4 nitrogen and oxygen atoms in total. The van der Waals surface area contributed by atoms with Gasteiger partial charge in [0, 0.05) is 12.7 Å². The van der Waals surface area contributed by atoms with Crippen LogP contribution >= 0.6 is 0 Å². The van der Waals surface area contributed by atoms with Gasteiger partial charge in [0.05, 0.1) is 11.6 Å². The predicted molar refractivity (Wildman–Crippen MR) is 78.6 cm³/mol. The predicted octanol–water partition coefficient (Wildman–Crippen LogP) is 3.27. The highest BCUT2D eigenvalue weighted by molar-refractivity contribution is 5.42. The van der Waals surface area contributed by atoms with Crippen molar-refractivity contribution in [2.75, 3.05) is 11.9 Å². The Labute approximate surface area is 119 Å². The molecule has 0 amide bonds. The number of nitriles is 1. The summed E-state index contributed by atoms with van der Waals surface area (Å²) in [6.07, 6.45) is 1.76. The van der Waals surface area contributed by atoms with Crippen molar-refractivity contribution in [3.8, 4) is 11.8 Å². The maximum absolute atomic E-state index is 8.91. The molecule has 2 rings (SSSR count). The Morgan fingerprint density at radius 1 is 1.30 bits per heavy atom. The third-order valence-electron chi connectivity index (χ3n) is 2.89. The van der Waals surface area contributed by atoms with E-state index < -0.39 is 0 Å². The molecule has 0 fully saturated rings. The van der Waals surface area contributed by atoms with Crippen LogP contribution in [0.1, 0.15) is 23.6 Å². The first-order valence-corrected chi connectivity index (χ1v) is 6.55. The van der Waals surface area contributed by atoms with Crippen LogP contribution in [0.5, 0.6) is 5.75 Å². The number of rotatable bonds is 5. The molecule has 0 aliphatic heterocycles. The van der Waals surface area contributed by atoms with Gasteiger partial charge in [-0.2, -0.15) is 5.26 Å². The summed E-state index contributed by atoms with van der Waals surface area (Å²) in [7, 11) is 0. The van der Waals surface area contributed by atoms with Gasteiger partial charge >= 0.3 is 0 Å². The van der Waals surface area contributed by atoms with E-state index in [4.69, 9.17) is 10.00 Å². The fourth-order valence-corrected chi connectivity index (χ4v) is 1.83. The molecule has 0 saturated heterocycles. The lowest BCUT2D eigenvalue weighted by molar-refractivity contribution is 0.304. The summed E-state index contributed by atoms with van der Waals surface area (Å²) >= 11 is 0. The Morgan fingerprint density at radius 2 is 2.15 bits per heavy atom. The smallest absolute Gasteiger partial charge is 0.126 e. The van der Waals surface area contributed by atoms with Gasteiger partial charge in [-0.1, -0.05) is 6.07 Å². The average molecular weight is 267 g/mol. The summed E-state index contributed by atoms with van der Waals surface area (Å²) in [5.41, 5.74) is 2.66. The minimum Gasteiger partial charge on any atom is -0.489 e. The van der Waals surface area contributed by atoms with Gasteiger partial charge in [0.1, 0.15) is 18.2 Å². The average Bonchev–Trinajstić information content (AvgIpc) is 2.47. The van der Waals surface area contributed by atoms with E-state index in [1.165, 1.54) is 0 Å². The Morgan fingerprint density at radius 3 is 2.90 bits per heavy atom. The van der Waals surface area contributed by atoms with Crippen LogP contribution in [0.15, 0.2) is 36.5 Å². The van der Waals surface area contributed by atoms with Crippen molar-refractivity contribution >= 4 is 5.82 Å². The zero-order valence-corrected chi connectivity index (χ0v) is 11.7. The largest absolute Gasteiger partial charge is 0.489 e. The first-order chi connectivity index (χ1) is 9.72. The van der Waals surface area contributed by atoms with E-state index in [0.29, 0.717) is 12.2 Å². The van der Waals surface area contributed by atoms with Gasteiger partial charge in [0.25, 0.3) is 0 Å². The normalized spacial score (nSPS) is 9.85. The lowest BCUT2D eigenvalue weighted by Gasteiger charge is -2.10. The summed E-state index contributed by atoms with van der Waals surface area (Å²) in [4.78, 5) is 4.22. The molecule has 1 heterocycles. The molecule has 20 heavy (non-hydrogen) atoms. The summed E-state index contributed by atoms with van der Waals surface area (Å²) in [6, 6.07) is 11.5. The molecule has 0 aliphatic rings. The second kappa shape index (κ2) is 6.58. The second-order valence-electron chi connectivity index (χ2n) is 4.46. The summed E-state index contributed by atoms with van der Waals surface area (Å²) in [5.74, 6) is 1.59. The molecule has 0 aliphatic carbocycles. The van der Waals surface area contributed by atoms with E-state index in [1.54, 1.807) is 18.3 Å². The maximum atomic E-state index is 8.91. The Hall–Kier alpha value is -2.54. The molecule has 102 valence electrons. The quantitative estimate of drug-likeness (QED) is 0.903. The van der Waals surface area contributed by atoms with Crippen LogP contribution in [0.3, 0.4) is 0 Å². The monoisotopic (exact) mass is 267 g/mol. The highest BCUT2D eigenvalue weighted by Crippen LogP contribution is 2.20. The molecule has 1 aromatic carbocycles. The van der Waals surface area contributed by atoms with Crippen molar-refractivity contribution in [3.63, 3.8) is 0 Å². The minimum absolute atomic E-state index is 0.455. The summed E-state index contributed by atoms with van der Waals surface area (Å²) < 4.78 is 5.79. The summed E-state index contributed by atoms with van der Waals surface area (Å²) in [6.45, 7) is 5.28. The maximum Gasteiger partial charge on any atom is 0.126 e. The number of nitrogens with one attached hydrogen (secondary N) is 1. The molecular weight excluding hydrogens is 250 g/mol. The molecule has 0 saturated carbocycles. The van der Waals surface area contributed by atoms with Gasteiger partial charge in [0.15, 0.2) is 0 Å². The number of hydrogen-bond acceptors (Lipinski definition) is 4. The highest BCUT2D eigenvalue weighted by atomic mass is 16.5. The van der Waals surface area contributed by atoms with E-state index in [-0.39, 0.29) is 0 Å². The van der Waals surface area contributed by atoms with E-state index >= 15 is 0 Å². The number of pyridine rings is 1. The van der Waals surface area contributed by atoms with Gasteiger partial charge < -0.3 is 10.1 Å². The molecule has 0 radical (unpaired) electrons. The standard InChI is InChI=1S/C16H17N3O/c1-3-18-16-9-14(6-7-19-16)11-20-15-8-13(10-17)5-4-12(15)2/h4-9H,3,11H2,1-2H3,(H,18,19). The molecule has 1 aromatic heterocycles. The van der Waals surface area contributed by atoms with Crippen LogP contribution in [-0.4, -0.2) is 11.5 Å². The molecule has 0 bridgehead atoms. The lowest BCUT2D eigenvalue weighted by Crippen LogP contribution is -2.02. The first-order valence-electron chi connectivity index (χ1n) is 6.55. The molecule has 2 aromatic rings. The van der Waals surface area contributed by atoms with Crippen LogP contribution in [0.2, 0.25) is 0 Å². The Kier molecular flexibility index (Phi) is 4.56. The van der Waals surface area contributed by atoms with Crippen LogP contribution < -0.4 is 10.1 Å². The van der Waals surface area contributed by atoms with Crippen LogP contribution in [0.4, 0.5) is 5.82 Å². The summed E-state index contributed by atoms with van der Waals surface area (Å²) in [5, 5.41) is 12.1. The third-order valence-corrected chi connectivity index (χ3v) is 2.89. The van der Waals surface area contributed by atoms with E-state index in [1.807, 2.05) is 32.0 Å². The third kappa shape index (κ3) is 3.48. The Bertz CT molecular complexity index is 632. The van der Waals surface area contributed by atoms with Crippen molar-refractivity contribution in [2.45, 2.75) is 20.5 Å². The van der Waals surface area contributed by atoms with Crippen LogP contribution in [0, 0.1) is 18.3 Å². The van der Waals surface area contributed by atoms with Gasteiger partial charge in [-0.3, -0.25) is 0 Å². The number of aromatic nitrogens is 1. The van der Waals surface area contributed by atoms with Gasteiger partial charge in [-0.25, -0.2) is 4.98 Å². The molecule has 0 unspecified atom stereocenters. The molecule has 0 atom stereocenters. The van der Waals surface area contributed by atoms with E-state index in [9.17, 15) is 0 Å². The molecule has 0 spiro atoms. The first kappa shape index (κ1) is 13.9. The van der Waals surface area contributed by atoms with Crippen molar-refractivity contribution < 1.29 is 4.74 Å². The van der Waals surface area contributed by atoms with Gasteiger partial charge in [-0.05, 0) is 49.2 Å². The van der Waals surface area contributed by atoms with E-state index in [2.05, 4.69) is 16.4 Å². The van der Waals surface area contributed by atoms with Crippen molar-refractivity contribution in [2.24, 2.45) is 0 Å². The van der Waals surface area contributed by atoms with Crippen molar-refractivity contribution in [1.82, 2.24) is 4.98 Å². The Balaban J connectivity index is 2.09. The fourth-order valence-electron chi connectivity index (χ4n) is 1.83. The fraction of sp³-hybridized carbons (Fsp3) is 0.250. The molecule has 1 N–H and O–H groups in total. The molecular formula is C16H17N3O. The number of hydrogen-bond donors (Lipinski definition) is 1.